The minimum atomic E-state index is -0.651. The minimum Gasteiger partial charge on any atom is -0.468 e. The van der Waals surface area contributed by atoms with Crippen molar-refractivity contribution in [3.05, 3.63) is 11.3 Å². The van der Waals surface area contributed by atoms with Crippen molar-refractivity contribution >= 4 is 11.9 Å². The molecule has 1 unspecified atom stereocenters. The van der Waals surface area contributed by atoms with Gasteiger partial charge in [0.1, 0.15) is 5.92 Å². The van der Waals surface area contributed by atoms with Crippen molar-refractivity contribution in [3.8, 4) is 0 Å². The van der Waals surface area contributed by atoms with E-state index in [1.807, 2.05) is 7.05 Å². The molecule has 2 saturated carbocycles. The average molecular weight is 360 g/mol. The van der Waals surface area contributed by atoms with Crippen LogP contribution in [0.2, 0.25) is 0 Å². The predicted molar refractivity (Wildman–Crippen MR) is 100.0 cm³/mol. The summed E-state index contributed by atoms with van der Waals surface area (Å²) in [5.74, 6) is 0.952. The van der Waals surface area contributed by atoms with E-state index < -0.39 is 5.92 Å². The van der Waals surface area contributed by atoms with Gasteiger partial charge >= 0.3 is 5.97 Å². The van der Waals surface area contributed by atoms with E-state index in [2.05, 4.69) is 20.8 Å². The lowest BCUT2D eigenvalue weighted by molar-refractivity contribution is -0.160. The fourth-order valence-corrected chi connectivity index (χ4v) is 7.57. The number of piperidine rings is 1. The zero-order chi connectivity index (χ0) is 18.9. The van der Waals surface area contributed by atoms with Crippen LogP contribution in [0.3, 0.4) is 0 Å². The molecule has 144 valence electrons. The lowest BCUT2D eigenvalue weighted by atomic mass is 9.48. The Morgan fingerprint density at radius 2 is 1.92 bits per heavy atom. The summed E-state index contributed by atoms with van der Waals surface area (Å²) in [5, 5.41) is 0. The van der Waals surface area contributed by atoms with Crippen LogP contribution in [0.4, 0.5) is 0 Å². The van der Waals surface area contributed by atoms with Crippen LogP contribution in [-0.4, -0.2) is 30.9 Å². The molecule has 4 nitrogen and oxygen atoms in total. The molecule has 1 aliphatic heterocycles. The number of likely N-dealkylation sites (tertiary alicyclic amines) is 1. The van der Waals surface area contributed by atoms with Gasteiger partial charge in [0.25, 0.3) is 0 Å². The molecular weight excluding hydrogens is 326 g/mol. The standard InChI is InChI=1S/C22H33NO3/c1-13-11-14-16-7-6-9-21(16,2)10-8-17(14)22(3)12-15(20(25)26-5)19(24)23(4)18(13)22/h14-17H,6-12H2,1-5H3/t14-,15?,16-,17+,21-,22+/m0/s1. The van der Waals surface area contributed by atoms with E-state index in [4.69, 9.17) is 4.74 Å². The van der Waals surface area contributed by atoms with E-state index in [0.717, 1.165) is 12.3 Å². The first-order valence-corrected chi connectivity index (χ1v) is 10.3. The zero-order valence-corrected chi connectivity index (χ0v) is 16.9. The van der Waals surface area contributed by atoms with E-state index >= 15 is 0 Å². The SMILES string of the molecule is COC(=O)C1C[C@@]2(C)C(=C(C)C[C@@H]3[C@H]2CC[C@]2(C)CCC[C@@H]32)N(C)C1=O. The number of nitrogens with zero attached hydrogens (tertiary/aromatic N) is 1. The van der Waals surface area contributed by atoms with Crippen LogP contribution in [0.1, 0.15) is 65.7 Å². The molecule has 3 aliphatic carbocycles. The number of carbonyl (C=O) groups excluding carboxylic acids is 2. The lowest BCUT2D eigenvalue weighted by Gasteiger charge is -2.59. The number of esters is 1. The van der Waals surface area contributed by atoms with Crippen molar-refractivity contribution in [1.82, 2.24) is 4.90 Å². The third kappa shape index (κ3) is 2.26. The first-order valence-electron chi connectivity index (χ1n) is 10.3. The maximum absolute atomic E-state index is 12.9. The minimum absolute atomic E-state index is 0.0939. The largest absolute Gasteiger partial charge is 0.468 e. The highest BCUT2D eigenvalue weighted by molar-refractivity contribution is 5.99. The van der Waals surface area contributed by atoms with E-state index in [1.54, 1.807) is 4.90 Å². The number of amides is 1. The van der Waals surface area contributed by atoms with Crippen LogP contribution in [0.25, 0.3) is 0 Å². The number of fused-ring (bicyclic) bond motifs is 5. The molecule has 0 aromatic rings. The van der Waals surface area contributed by atoms with Gasteiger partial charge in [0.2, 0.25) is 5.91 Å². The monoisotopic (exact) mass is 359 g/mol. The molecule has 1 heterocycles. The fraction of sp³-hybridized carbons (Fsp3) is 0.818. The molecule has 6 atom stereocenters. The Hall–Kier alpha value is -1.32. The summed E-state index contributed by atoms with van der Waals surface area (Å²) in [5.41, 5.74) is 2.97. The Balaban J connectivity index is 1.77. The van der Waals surface area contributed by atoms with E-state index in [1.165, 1.54) is 50.5 Å². The Kier molecular flexibility index (Phi) is 4.06. The highest BCUT2D eigenvalue weighted by Crippen LogP contribution is 2.65. The molecule has 4 rings (SSSR count). The van der Waals surface area contributed by atoms with Gasteiger partial charge in [-0.3, -0.25) is 9.59 Å². The molecule has 4 heteroatoms. The number of methoxy groups -OCH3 is 1. The van der Waals surface area contributed by atoms with E-state index in [9.17, 15) is 9.59 Å². The molecule has 0 aromatic carbocycles. The highest BCUT2D eigenvalue weighted by Gasteiger charge is 2.60. The van der Waals surface area contributed by atoms with E-state index in [0.29, 0.717) is 23.7 Å². The summed E-state index contributed by atoms with van der Waals surface area (Å²) < 4.78 is 4.98. The maximum Gasteiger partial charge on any atom is 0.318 e. The van der Waals surface area contributed by atoms with Crippen molar-refractivity contribution in [1.29, 1.82) is 0 Å². The van der Waals surface area contributed by atoms with Crippen LogP contribution in [0.15, 0.2) is 11.3 Å². The Morgan fingerprint density at radius 1 is 1.19 bits per heavy atom. The summed E-state index contributed by atoms with van der Waals surface area (Å²) in [6.45, 7) is 7.04. The molecule has 26 heavy (non-hydrogen) atoms. The molecule has 1 amide bonds. The summed E-state index contributed by atoms with van der Waals surface area (Å²) in [7, 11) is 3.25. The molecule has 0 radical (unpaired) electrons. The van der Waals surface area contributed by atoms with Crippen LogP contribution < -0.4 is 0 Å². The van der Waals surface area contributed by atoms with Gasteiger partial charge in [-0.1, -0.05) is 25.8 Å². The fourth-order valence-electron chi connectivity index (χ4n) is 7.57. The van der Waals surface area contributed by atoms with Gasteiger partial charge < -0.3 is 9.64 Å². The molecule has 3 fully saturated rings. The number of hydrogen-bond donors (Lipinski definition) is 0. The van der Waals surface area contributed by atoms with Crippen LogP contribution in [0, 0.1) is 34.5 Å². The van der Waals surface area contributed by atoms with Crippen molar-refractivity contribution in [2.45, 2.75) is 65.7 Å². The van der Waals surface area contributed by atoms with Gasteiger partial charge in [0.15, 0.2) is 0 Å². The molecule has 0 bridgehead atoms. The number of allylic oxidation sites excluding steroid dienone is 2. The topological polar surface area (TPSA) is 46.6 Å². The van der Waals surface area contributed by atoms with E-state index in [-0.39, 0.29) is 17.3 Å². The molecule has 0 aromatic heterocycles. The van der Waals surface area contributed by atoms with Gasteiger partial charge in [-0.05, 0) is 68.6 Å². The maximum atomic E-state index is 12.9. The molecule has 0 spiro atoms. The second-order valence-electron chi connectivity index (χ2n) is 9.89. The normalized spacial score (nSPS) is 45.1. The van der Waals surface area contributed by atoms with Gasteiger partial charge in [0, 0.05) is 18.2 Å². The first kappa shape index (κ1) is 18.1. The first-order chi connectivity index (χ1) is 12.2. The summed E-state index contributed by atoms with van der Waals surface area (Å²) >= 11 is 0. The average Bonchev–Trinajstić information content (AvgIpc) is 2.99. The Labute approximate surface area is 157 Å². The number of rotatable bonds is 1. The van der Waals surface area contributed by atoms with Gasteiger partial charge in [-0.25, -0.2) is 0 Å². The predicted octanol–water partition coefficient (Wildman–Crippen LogP) is 4.15. The highest BCUT2D eigenvalue weighted by atomic mass is 16.5. The van der Waals surface area contributed by atoms with Crippen molar-refractivity contribution in [2.24, 2.45) is 34.5 Å². The van der Waals surface area contributed by atoms with Crippen LogP contribution in [-0.2, 0) is 14.3 Å². The molecule has 1 saturated heterocycles. The van der Waals surface area contributed by atoms with Crippen LogP contribution >= 0.6 is 0 Å². The van der Waals surface area contributed by atoms with Gasteiger partial charge in [-0.2, -0.15) is 0 Å². The summed E-state index contributed by atoms with van der Waals surface area (Å²) in [6.07, 6.45) is 8.33. The third-order valence-corrected chi connectivity index (χ3v) is 8.60. The number of ether oxygens (including phenoxy) is 1. The lowest BCUT2D eigenvalue weighted by Crippen LogP contribution is -2.57. The van der Waals surface area contributed by atoms with Crippen LogP contribution in [0.5, 0.6) is 0 Å². The van der Waals surface area contributed by atoms with Crippen molar-refractivity contribution in [2.75, 3.05) is 14.2 Å². The molecule has 4 aliphatic rings. The van der Waals surface area contributed by atoms with Gasteiger partial charge in [0.05, 0.1) is 7.11 Å². The Morgan fingerprint density at radius 3 is 2.62 bits per heavy atom. The summed E-state index contributed by atoms with van der Waals surface area (Å²) in [4.78, 5) is 27.0. The van der Waals surface area contributed by atoms with Gasteiger partial charge in [-0.15, -0.1) is 0 Å². The number of hydrogen-bond acceptors (Lipinski definition) is 3. The quantitative estimate of drug-likeness (QED) is 0.522. The Bertz CT molecular complexity index is 683. The molecule has 0 N–H and O–H groups in total. The zero-order valence-electron chi connectivity index (χ0n) is 16.9. The second-order valence-corrected chi connectivity index (χ2v) is 9.89. The smallest absolute Gasteiger partial charge is 0.318 e. The molecular formula is C22H33NO3. The summed E-state index contributed by atoms with van der Waals surface area (Å²) in [6, 6.07) is 0. The second kappa shape index (κ2) is 5.84. The van der Waals surface area contributed by atoms with Crippen molar-refractivity contribution in [3.63, 3.8) is 0 Å². The number of carbonyl (C=O) groups is 2. The third-order valence-electron chi connectivity index (χ3n) is 8.60. The van der Waals surface area contributed by atoms with Crippen molar-refractivity contribution < 1.29 is 14.3 Å².